The van der Waals surface area contributed by atoms with Crippen LogP contribution in [0.25, 0.3) is 0 Å². The van der Waals surface area contributed by atoms with Gasteiger partial charge in [0.05, 0.1) is 12.0 Å². The zero-order valence-corrected chi connectivity index (χ0v) is 17.6. The van der Waals surface area contributed by atoms with E-state index in [4.69, 9.17) is 0 Å². The Kier molecular flexibility index (Phi) is 7.77. The average Bonchev–Trinajstić information content (AvgIpc) is 3.02. The molecule has 1 heterocycles. The largest absolute Gasteiger partial charge is 0.355 e. The van der Waals surface area contributed by atoms with E-state index in [2.05, 4.69) is 16.7 Å². The van der Waals surface area contributed by atoms with E-state index >= 15 is 0 Å². The molecule has 2 rings (SSSR count). The molecule has 1 aliphatic heterocycles. The van der Waals surface area contributed by atoms with E-state index in [1.54, 1.807) is 0 Å². The van der Waals surface area contributed by atoms with Crippen molar-refractivity contribution in [1.82, 2.24) is 10.2 Å². The Morgan fingerprint density at radius 1 is 1.31 bits per heavy atom. The fourth-order valence-electron chi connectivity index (χ4n) is 3.59. The number of para-hydroxylation sites is 1. The van der Waals surface area contributed by atoms with E-state index < -0.39 is 17.9 Å². The third-order valence-corrected chi connectivity index (χ3v) is 5.20. The first kappa shape index (κ1) is 22.4. The lowest BCUT2D eigenvalue weighted by molar-refractivity contribution is -0.143. The molecule has 0 aliphatic carbocycles. The molecule has 0 saturated carbocycles. The first-order valence-corrected chi connectivity index (χ1v) is 10.1. The van der Waals surface area contributed by atoms with Crippen molar-refractivity contribution in [3.8, 4) is 6.07 Å². The number of nitrogens with zero attached hydrogens (tertiary/aromatic N) is 2. The monoisotopic (exact) mass is 398 g/mol. The molecule has 156 valence electrons. The molecule has 29 heavy (non-hydrogen) atoms. The third-order valence-electron chi connectivity index (χ3n) is 5.20. The number of fused-ring (bicyclic) bond motifs is 1. The SMILES string of the molecule is CCCNC(=O)C(CC(C)C)C(=O)N(C)C(C#N)CC1C(=O)Nc2ccccc21. The van der Waals surface area contributed by atoms with Crippen molar-refractivity contribution >= 4 is 23.4 Å². The molecule has 3 amide bonds. The molecule has 3 unspecified atom stereocenters. The summed E-state index contributed by atoms with van der Waals surface area (Å²) in [5.41, 5.74) is 1.57. The van der Waals surface area contributed by atoms with Crippen LogP contribution in [0.2, 0.25) is 0 Å². The lowest BCUT2D eigenvalue weighted by Crippen LogP contribution is -2.46. The highest BCUT2D eigenvalue weighted by Gasteiger charge is 2.37. The van der Waals surface area contributed by atoms with Crippen LogP contribution in [0, 0.1) is 23.2 Å². The molecule has 1 aromatic carbocycles. The zero-order chi connectivity index (χ0) is 21.6. The molecule has 0 fully saturated rings. The van der Waals surface area contributed by atoms with Crippen molar-refractivity contribution in [2.75, 3.05) is 18.9 Å². The van der Waals surface area contributed by atoms with E-state index in [0.717, 1.165) is 17.7 Å². The Labute approximate surface area is 172 Å². The number of amides is 3. The molecule has 0 spiro atoms. The number of benzene rings is 1. The summed E-state index contributed by atoms with van der Waals surface area (Å²) in [6.45, 7) is 6.36. The van der Waals surface area contributed by atoms with Gasteiger partial charge in [0.1, 0.15) is 12.0 Å². The van der Waals surface area contributed by atoms with Gasteiger partial charge in [-0.25, -0.2) is 0 Å². The van der Waals surface area contributed by atoms with Crippen LogP contribution in [0.15, 0.2) is 24.3 Å². The summed E-state index contributed by atoms with van der Waals surface area (Å²) in [5, 5.41) is 15.3. The second-order valence-corrected chi connectivity index (χ2v) is 7.93. The lowest BCUT2D eigenvalue weighted by atomic mass is 9.91. The minimum Gasteiger partial charge on any atom is -0.355 e. The van der Waals surface area contributed by atoms with Gasteiger partial charge in [-0.1, -0.05) is 39.0 Å². The Hall–Kier alpha value is -2.88. The summed E-state index contributed by atoms with van der Waals surface area (Å²) in [6.07, 6.45) is 1.37. The van der Waals surface area contributed by atoms with E-state index in [1.807, 2.05) is 45.0 Å². The van der Waals surface area contributed by atoms with Crippen molar-refractivity contribution in [2.45, 2.75) is 52.0 Å². The molecular weight excluding hydrogens is 368 g/mol. The third kappa shape index (κ3) is 5.35. The van der Waals surface area contributed by atoms with E-state index in [0.29, 0.717) is 13.0 Å². The normalized spacial score (nSPS) is 17.1. The van der Waals surface area contributed by atoms with Gasteiger partial charge in [0.2, 0.25) is 17.7 Å². The molecule has 0 bridgehead atoms. The molecule has 1 aliphatic rings. The molecule has 0 aromatic heterocycles. The summed E-state index contributed by atoms with van der Waals surface area (Å²) >= 11 is 0. The van der Waals surface area contributed by atoms with Gasteiger partial charge in [0.25, 0.3) is 0 Å². The first-order valence-electron chi connectivity index (χ1n) is 10.1. The summed E-state index contributed by atoms with van der Waals surface area (Å²) in [6, 6.07) is 8.70. The fraction of sp³-hybridized carbons (Fsp3) is 0.545. The quantitative estimate of drug-likeness (QED) is 0.624. The Morgan fingerprint density at radius 3 is 2.62 bits per heavy atom. The van der Waals surface area contributed by atoms with Crippen molar-refractivity contribution < 1.29 is 14.4 Å². The van der Waals surface area contributed by atoms with Gasteiger partial charge in [0.15, 0.2) is 0 Å². The highest BCUT2D eigenvalue weighted by molar-refractivity contribution is 6.03. The number of hydrogen-bond acceptors (Lipinski definition) is 4. The number of anilines is 1. The minimum atomic E-state index is -0.841. The molecule has 0 radical (unpaired) electrons. The molecule has 3 atom stereocenters. The predicted octanol–water partition coefficient (Wildman–Crippen LogP) is 2.65. The number of nitriles is 1. The van der Waals surface area contributed by atoms with Crippen molar-refractivity contribution in [3.63, 3.8) is 0 Å². The van der Waals surface area contributed by atoms with Crippen LogP contribution >= 0.6 is 0 Å². The minimum absolute atomic E-state index is 0.151. The summed E-state index contributed by atoms with van der Waals surface area (Å²) < 4.78 is 0. The van der Waals surface area contributed by atoms with Gasteiger partial charge in [-0.05, 0) is 36.8 Å². The molecule has 0 saturated heterocycles. The number of hydrogen-bond donors (Lipinski definition) is 2. The average molecular weight is 399 g/mol. The zero-order valence-electron chi connectivity index (χ0n) is 17.6. The van der Waals surface area contributed by atoms with E-state index in [-0.39, 0.29) is 30.1 Å². The van der Waals surface area contributed by atoms with E-state index in [1.165, 1.54) is 11.9 Å². The van der Waals surface area contributed by atoms with E-state index in [9.17, 15) is 19.6 Å². The van der Waals surface area contributed by atoms with Crippen LogP contribution in [0.4, 0.5) is 5.69 Å². The maximum absolute atomic E-state index is 13.1. The van der Waals surface area contributed by atoms with Gasteiger partial charge in [-0.15, -0.1) is 0 Å². The smallest absolute Gasteiger partial charge is 0.235 e. The van der Waals surface area contributed by atoms with Crippen molar-refractivity contribution in [3.05, 3.63) is 29.8 Å². The number of nitrogens with one attached hydrogen (secondary N) is 2. The Bertz CT molecular complexity index is 799. The summed E-state index contributed by atoms with van der Waals surface area (Å²) in [7, 11) is 1.54. The summed E-state index contributed by atoms with van der Waals surface area (Å²) in [4.78, 5) is 39.4. The maximum atomic E-state index is 13.1. The van der Waals surface area contributed by atoms with Crippen LogP contribution in [-0.2, 0) is 14.4 Å². The van der Waals surface area contributed by atoms with Crippen molar-refractivity contribution in [1.29, 1.82) is 5.26 Å². The van der Waals surface area contributed by atoms with Gasteiger partial charge < -0.3 is 15.5 Å². The summed E-state index contributed by atoms with van der Waals surface area (Å²) in [5.74, 6) is -2.05. The number of rotatable bonds is 9. The highest BCUT2D eigenvalue weighted by Crippen LogP contribution is 2.35. The van der Waals surface area contributed by atoms with Crippen molar-refractivity contribution in [2.24, 2.45) is 11.8 Å². The maximum Gasteiger partial charge on any atom is 0.235 e. The van der Waals surface area contributed by atoms with Gasteiger partial charge >= 0.3 is 0 Å². The molecular formula is C22H30N4O3. The second-order valence-electron chi connectivity index (χ2n) is 7.93. The number of carbonyl (C=O) groups is 3. The number of carbonyl (C=O) groups excluding carboxylic acids is 3. The highest BCUT2D eigenvalue weighted by atomic mass is 16.2. The van der Waals surface area contributed by atoms with Gasteiger partial charge in [-0.3, -0.25) is 14.4 Å². The molecule has 7 heteroatoms. The molecule has 2 N–H and O–H groups in total. The fourth-order valence-corrected chi connectivity index (χ4v) is 3.59. The van der Waals surface area contributed by atoms with Crippen LogP contribution in [-0.4, -0.2) is 42.3 Å². The van der Waals surface area contributed by atoms with Gasteiger partial charge in [0, 0.05) is 19.3 Å². The van der Waals surface area contributed by atoms with Crippen LogP contribution in [0.5, 0.6) is 0 Å². The first-order chi connectivity index (χ1) is 13.8. The topological polar surface area (TPSA) is 102 Å². The second kappa shape index (κ2) is 10.1. The van der Waals surface area contributed by atoms with Gasteiger partial charge in [-0.2, -0.15) is 5.26 Å². The lowest BCUT2D eigenvalue weighted by Gasteiger charge is -2.28. The Balaban J connectivity index is 2.17. The molecule has 1 aromatic rings. The van der Waals surface area contributed by atoms with Crippen LogP contribution < -0.4 is 10.6 Å². The predicted molar refractivity (Wildman–Crippen MR) is 111 cm³/mol. The molecule has 7 nitrogen and oxygen atoms in total. The van der Waals surface area contributed by atoms with Crippen LogP contribution in [0.1, 0.15) is 51.5 Å². The standard InChI is InChI=1S/C22H30N4O3/c1-5-10-24-20(27)18(11-14(2)3)22(29)26(4)15(13-23)12-17-16-8-6-7-9-19(16)25-21(17)28/h6-9,14-15,17-18H,5,10-12H2,1-4H3,(H,24,27)(H,25,28). The Morgan fingerprint density at radius 2 is 2.00 bits per heavy atom. The van der Waals surface area contributed by atoms with Crippen LogP contribution in [0.3, 0.4) is 0 Å².